The molecule has 0 bridgehead atoms. The summed E-state index contributed by atoms with van der Waals surface area (Å²) < 4.78 is 25.7. The lowest BCUT2D eigenvalue weighted by Gasteiger charge is -2.44. The highest BCUT2D eigenvalue weighted by molar-refractivity contribution is 7.88. The number of hydrogen-bond donors (Lipinski definition) is 2. The lowest BCUT2D eigenvalue weighted by atomic mass is 9.74. The molecule has 2 aliphatic rings. The molecule has 0 radical (unpaired) electrons. The number of piperidine rings is 1. The maximum Gasteiger partial charge on any atom is 0.215 e. The van der Waals surface area contributed by atoms with Gasteiger partial charge in [0.25, 0.3) is 0 Å². The van der Waals surface area contributed by atoms with Crippen molar-refractivity contribution in [3.63, 3.8) is 0 Å². The Hall–Kier alpha value is -1.60. The normalized spacial score (nSPS) is 20.5. The van der Waals surface area contributed by atoms with Crippen LogP contribution < -0.4 is 10.0 Å². The summed E-state index contributed by atoms with van der Waals surface area (Å²) in [5, 5.41) is 3.52. The van der Waals surface area contributed by atoms with Gasteiger partial charge in [0.15, 0.2) is 5.96 Å². The monoisotopic (exact) mass is 420 g/mol. The quantitative estimate of drug-likeness (QED) is 0.566. The maximum absolute atomic E-state index is 11.7. The zero-order chi connectivity index (χ0) is 20.7. The predicted molar refractivity (Wildman–Crippen MR) is 119 cm³/mol. The van der Waals surface area contributed by atoms with Gasteiger partial charge in [-0.1, -0.05) is 49.9 Å². The number of benzene rings is 1. The number of likely N-dealkylation sites (tertiary alicyclic amines) is 1. The zero-order valence-electron chi connectivity index (χ0n) is 17.9. The summed E-state index contributed by atoms with van der Waals surface area (Å²) in [5.41, 5.74) is 2.39. The molecular formula is C22H36N4O2S. The highest BCUT2D eigenvalue weighted by Crippen LogP contribution is 2.42. The van der Waals surface area contributed by atoms with E-state index >= 15 is 0 Å². The summed E-state index contributed by atoms with van der Waals surface area (Å²) in [7, 11) is 0.0697. The van der Waals surface area contributed by atoms with E-state index in [0.29, 0.717) is 12.0 Å². The van der Waals surface area contributed by atoms with Crippen LogP contribution in [0.15, 0.2) is 29.3 Å². The van der Waals surface area contributed by atoms with Gasteiger partial charge in [-0.05, 0) is 49.3 Å². The van der Waals surface area contributed by atoms with Crippen LogP contribution in [0, 0.1) is 5.41 Å². The van der Waals surface area contributed by atoms with Gasteiger partial charge in [-0.25, -0.2) is 13.1 Å². The average molecular weight is 421 g/mol. The van der Waals surface area contributed by atoms with Crippen LogP contribution in [-0.4, -0.2) is 46.5 Å². The van der Waals surface area contributed by atoms with E-state index in [1.54, 1.807) is 0 Å². The molecule has 0 aromatic heterocycles. The molecule has 1 spiro atoms. The highest BCUT2D eigenvalue weighted by Gasteiger charge is 2.36. The lowest BCUT2D eigenvalue weighted by Crippen LogP contribution is -2.50. The summed E-state index contributed by atoms with van der Waals surface area (Å²) in [6, 6.07) is 7.75. The number of hydrogen-bond acceptors (Lipinski definition) is 3. The molecule has 1 saturated carbocycles. The Morgan fingerprint density at radius 2 is 1.66 bits per heavy atom. The number of nitrogens with one attached hydrogen (secondary N) is 2. The molecule has 7 heteroatoms. The fraction of sp³-hybridized carbons (Fsp3) is 0.682. The Bertz CT molecular complexity index is 782. The van der Waals surface area contributed by atoms with E-state index in [1.165, 1.54) is 58.4 Å². The molecule has 1 aliphatic heterocycles. The van der Waals surface area contributed by atoms with E-state index in [0.717, 1.165) is 30.2 Å². The van der Waals surface area contributed by atoms with Gasteiger partial charge < -0.3 is 10.2 Å². The average Bonchev–Trinajstić information content (AvgIpc) is 2.95. The maximum atomic E-state index is 11.7. The van der Waals surface area contributed by atoms with Gasteiger partial charge in [0.1, 0.15) is 0 Å². The van der Waals surface area contributed by atoms with Crippen molar-refractivity contribution in [2.24, 2.45) is 10.4 Å². The number of nitrogens with zero attached hydrogens (tertiary/aromatic N) is 2. The number of sulfonamides is 1. The smallest absolute Gasteiger partial charge is 0.215 e. The Labute approximate surface area is 176 Å². The van der Waals surface area contributed by atoms with Crippen molar-refractivity contribution >= 4 is 16.0 Å². The van der Waals surface area contributed by atoms with Gasteiger partial charge in [-0.3, -0.25) is 4.99 Å². The van der Waals surface area contributed by atoms with Crippen molar-refractivity contribution < 1.29 is 8.42 Å². The van der Waals surface area contributed by atoms with Crippen molar-refractivity contribution in [3.8, 4) is 0 Å². The molecule has 6 nitrogen and oxygen atoms in total. The zero-order valence-corrected chi connectivity index (χ0v) is 18.7. The number of aliphatic imine (C=N–C) groups is 1. The van der Waals surface area contributed by atoms with Crippen LogP contribution in [0.25, 0.3) is 0 Å². The van der Waals surface area contributed by atoms with Crippen LogP contribution in [0.4, 0.5) is 0 Å². The van der Waals surface area contributed by atoms with Gasteiger partial charge in [0, 0.05) is 26.7 Å². The second kappa shape index (κ2) is 9.94. The second-order valence-electron chi connectivity index (χ2n) is 8.62. The second-order valence-corrected chi connectivity index (χ2v) is 10.5. The molecule has 0 atom stereocenters. The molecule has 162 valence electrons. The predicted octanol–water partition coefficient (Wildman–Crippen LogP) is 3.25. The molecule has 2 N–H and O–H groups in total. The van der Waals surface area contributed by atoms with Crippen molar-refractivity contribution in [2.45, 2.75) is 63.7 Å². The molecule has 2 fully saturated rings. The molecule has 1 aromatic carbocycles. The van der Waals surface area contributed by atoms with Crippen LogP contribution >= 0.6 is 0 Å². The van der Waals surface area contributed by atoms with E-state index in [1.807, 2.05) is 31.3 Å². The first-order chi connectivity index (χ1) is 14.0. The summed E-state index contributed by atoms with van der Waals surface area (Å²) in [5.74, 6) is 0.990. The standard InChI is InChI=1S/C22H36N4O2S/c1-23-21(26-15-7-14-22(18-26)12-5-3-4-6-13-22)25-16-19-8-10-20(11-9-19)17-29(27,28)24-2/h8-11,24H,3-7,12-18H2,1-2H3,(H,23,25). The van der Waals surface area contributed by atoms with Crippen LogP contribution in [0.1, 0.15) is 62.5 Å². The van der Waals surface area contributed by atoms with Crippen LogP contribution in [0.3, 0.4) is 0 Å². The summed E-state index contributed by atoms with van der Waals surface area (Å²) in [4.78, 5) is 7.00. The Kier molecular flexibility index (Phi) is 7.57. The first-order valence-electron chi connectivity index (χ1n) is 10.9. The van der Waals surface area contributed by atoms with Gasteiger partial charge in [-0.2, -0.15) is 0 Å². The molecule has 3 rings (SSSR count). The molecule has 1 heterocycles. The topological polar surface area (TPSA) is 73.8 Å². The third-order valence-corrected chi connectivity index (χ3v) is 7.81. The molecule has 1 aliphatic carbocycles. The summed E-state index contributed by atoms with van der Waals surface area (Å²) in [6.07, 6.45) is 10.8. The molecular weight excluding hydrogens is 384 g/mol. The Balaban J connectivity index is 1.57. The minimum absolute atomic E-state index is 0.00867. The minimum atomic E-state index is -3.24. The Morgan fingerprint density at radius 1 is 1.03 bits per heavy atom. The van der Waals surface area contributed by atoms with E-state index in [4.69, 9.17) is 0 Å². The van der Waals surface area contributed by atoms with Gasteiger partial charge in [0.05, 0.1) is 5.75 Å². The van der Waals surface area contributed by atoms with Crippen molar-refractivity contribution in [2.75, 3.05) is 27.2 Å². The molecule has 0 unspecified atom stereocenters. The summed E-state index contributed by atoms with van der Waals surface area (Å²) >= 11 is 0. The fourth-order valence-corrected chi connectivity index (χ4v) is 5.61. The van der Waals surface area contributed by atoms with Gasteiger partial charge in [-0.15, -0.1) is 0 Å². The van der Waals surface area contributed by atoms with Crippen molar-refractivity contribution in [1.29, 1.82) is 0 Å². The third kappa shape index (κ3) is 6.19. The van der Waals surface area contributed by atoms with E-state index in [-0.39, 0.29) is 5.75 Å². The third-order valence-electron chi connectivity index (χ3n) is 6.48. The van der Waals surface area contributed by atoms with Crippen molar-refractivity contribution in [3.05, 3.63) is 35.4 Å². The largest absolute Gasteiger partial charge is 0.352 e. The summed E-state index contributed by atoms with van der Waals surface area (Å²) in [6.45, 7) is 2.88. The van der Waals surface area contributed by atoms with Crippen LogP contribution in [0.2, 0.25) is 0 Å². The Morgan fingerprint density at radius 3 is 2.28 bits per heavy atom. The first-order valence-corrected chi connectivity index (χ1v) is 12.6. The fourth-order valence-electron chi connectivity index (χ4n) is 4.83. The molecule has 1 aromatic rings. The molecule has 1 saturated heterocycles. The number of rotatable bonds is 5. The highest BCUT2D eigenvalue weighted by atomic mass is 32.2. The lowest BCUT2D eigenvalue weighted by molar-refractivity contribution is 0.115. The van der Waals surface area contributed by atoms with Crippen molar-refractivity contribution in [1.82, 2.24) is 14.9 Å². The van der Waals surface area contributed by atoms with Crippen LogP contribution in [-0.2, 0) is 22.3 Å². The molecule has 29 heavy (non-hydrogen) atoms. The minimum Gasteiger partial charge on any atom is -0.352 e. The van der Waals surface area contributed by atoms with E-state index < -0.39 is 10.0 Å². The van der Waals surface area contributed by atoms with E-state index in [9.17, 15) is 8.42 Å². The van der Waals surface area contributed by atoms with Gasteiger partial charge in [0.2, 0.25) is 10.0 Å². The molecule has 0 amide bonds. The van der Waals surface area contributed by atoms with E-state index in [2.05, 4.69) is 19.9 Å². The first kappa shape index (κ1) is 22.1. The van der Waals surface area contributed by atoms with Crippen LogP contribution in [0.5, 0.6) is 0 Å². The van der Waals surface area contributed by atoms with Gasteiger partial charge >= 0.3 is 0 Å². The SMILES string of the molecule is CN=C(NCc1ccc(CS(=O)(=O)NC)cc1)N1CCCC2(CCCCCC2)C1. The number of guanidine groups is 1.